The highest BCUT2D eigenvalue weighted by Crippen LogP contribution is 2.29. The molecule has 2 rings (SSSR count). The summed E-state index contributed by atoms with van der Waals surface area (Å²) in [6.07, 6.45) is 0. The van der Waals surface area contributed by atoms with Gasteiger partial charge in [0.2, 0.25) is 0 Å². The molecule has 0 aliphatic heterocycles. The maximum absolute atomic E-state index is 6.02. The van der Waals surface area contributed by atoms with Gasteiger partial charge in [0.15, 0.2) is 5.76 Å². The minimum absolute atomic E-state index is 0.508. The smallest absolute Gasteiger partial charge is 0.162 e. The molecule has 5 heteroatoms. The van der Waals surface area contributed by atoms with Crippen molar-refractivity contribution in [3.05, 3.63) is 46.1 Å². The van der Waals surface area contributed by atoms with Crippen molar-refractivity contribution in [2.45, 2.75) is 13.8 Å². The average molecular weight is 328 g/mol. The van der Waals surface area contributed by atoms with Crippen molar-refractivity contribution in [2.24, 2.45) is 0 Å². The number of hydrogen-bond donors (Lipinski definition) is 0. The van der Waals surface area contributed by atoms with E-state index < -0.39 is 0 Å². The fraction of sp³-hybridized carbons (Fsp3) is 0.267. The molecular weight excluding hydrogens is 313 g/mol. The van der Waals surface area contributed by atoms with Crippen LogP contribution in [0, 0.1) is 0 Å². The lowest BCUT2D eigenvalue weighted by Gasteiger charge is -2.19. The van der Waals surface area contributed by atoms with Crippen LogP contribution in [0.2, 0.25) is 10.0 Å². The first-order valence-electron chi connectivity index (χ1n) is 6.41. The molecular formula is C15H15Cl2NOS. The summed E-state index contributed by atoms with van der Waals surface area (Å²) in [5.41, 5.74) is 0.882. The van der Waals surface area contributed by atoms with Gasteiger partial charge in [-0.15, -0.1) is 0 Å². The normalized spacial score (nSPS) is 10.6. The van der Waals surface area contributed by atoms with Crippen LogP contribution in [-0.4, -0.2) is 23.0 Å². The number of furan rings is 1. The summed E-state index contributed by atoms with van der Waals surface area (Å²) in [5.74, 6) is 1.43. The Kier molecular flexibility index (Phi) is 5.08. The van der Waals surface area contributed by atoms with E-state index in [-0.39, 0.29) is 0 Å². The molecule has 0 N–H and O–H groups in total. The number of nitrogens with zero attached hydrogens (tertiary/aromatic N) is 1. The Labute approximate surface area is 134 Å². The third kappa shape index (κ3) is 3.17. The Hall–Kier alpha value is -1.03. The van der Waals surface area contributed by atoms with E-state index in [1.54, 1.807) is 12.1 Å². The second-order valence-electron chi connectivity index (χ2n) is 4.27. The molecule has 0 unspecified atom stereocenters. The van der Waals surface area contributed by atoms with Crippen molar-refractivity contribution in [3.8, 4) is 11.3 Å². The summed E-state index contributed by atoms with van der Waals surface area (Å²) in [6, 6.07) is 9.19. The van der Waals surface area contributed by atoms with E-state index in [1.165, 1.54) is 0 Å². The molecule has 0 amide bonds. The van der Waals surface area contributed by atoms with Crippen LogP contribution in [-0.2, 0) is 0 Å². The molecule has 1 aromatic heterocycles. The second kappa shape index (κ2) is 6.61. The fourth-order valence-electron chi connectivity index (χ4n) is 1.92. The first-order chi connectivity index (χ1) is 9.56. The number of hydrogen-bond acceptors (Lipinski definition) is 2. The van der Waals surface area contributed by atoms with E-state index in [1.807, 2.05) is 18.2 Å². The molecule has 0 fully saturated rings. The summed E-state index contributed by atoms with van der Waals surface area (Å²) in [5, 5.41) is 1.04. The highest BCUT2D eigenvalue weighted by atomic mass is 35.5. The third-order valence-corrected chi connectivity index (χ3v) is 4.27. The van der Waals surface area contributed by atoms with Crippen molar-refractivity contribution in [2.75, 3.05) is 13.1 Å². The number of halogens is 2. The summed E-state index contributed by atoms with van der Waals surface area (Å²) >= 11 is 17.4. The van der Waals surface area contributed by atoms with Crippen LogP contribution in [0.25, 0.3) is 11.3 Å². The zero-order valence-electron chi connectivity index (χ0n) is 11.3. The zero-order valence-corrected chi connectivity index (χ0v) is 13.6. The van der Waals surface area contributed by atoms with E-state index in [0.29, 0.717) is 15.8 Å². The van der Waals surface area contributed by atoms with Crippen molar-refractivity contribution in [1.82, 2.24) is 4.90 Å². The molecule has 0 bridgehead atoms. The van der Waals surface area contributed by atoms with Gasteiger partial charge < -0.3 is 9.32 Å². The molecule has 1 aromatic carbocycles. The zero-order chi connectivity index (χ0) is 14.7. The Balaban J connectivity index is 2.28. The quantitative estimate of drug-likeness (QED) is 0.711. The molecule has 2 nitrogen and oxygen atoms in total. The first-order valence-corrected chi connectivity index (χ1v) is 7.57. The van der Waals surface area contributed by atoms with Crippen LogP contribution < -0.4 is 0 Å². The van der Waals surface area contributed by atoms with Gasteiger partial charge in [0.25, 0.3) is 0 Å². The van der Waals surface area contributed by atoms with Crippen LogP contribution in [0.5, 0.6) is 0 Å². The van der Waals surface area contributed by atoms with Crippen LogP contribution in [0.15, 0.2) is 34.7 Å². The maximum Gasteiger partial charge on any atom is 0.162 e. The standard InChI is InChI=1S/C15H15Cl2NOS/c1-3-18(4-2)15(20)14-8-7-13(19-14)10-5-6-11(16)12(17)9-10/h5-9H,3-4H2,1-2H3. The van der Waals surface area contributed by atoms with Crippen molar-refractivity contribution in [1.29, 1.82) is 0 Å². The predicted octanol–water partition coefficient (Wildman–Crippen LogP) is 5.27. The Morgan fingerprint density at radius 3 is 2.40 bits per heavy atom. The fourth-order valence-corrected chi connectivity index (χ4v) is 2.59. The van der Waals surface area contributed by atoms with Gasteiger partial charge in [-0.1, -0.05) is 35.4 Å². The number of rotatable bonds is 4. The Morgan fingerprint density at radius 2 is 1.80 bits per heavy atom. The molecule has 0 radical (unpaired) electrons. The van der Waals surface area contributed by atoms with Gasteiger partial charge >= 0.3 is 0 Å². The minimum Gasteiger partial charge on any atom is -0.454 e. The molecule has 0 saturated heterocycles. The first kappa shape index (κ1) is 15.4. The lowest BCUT2D eigenvalue weighted by Crippen LogP contribution is -2.29. The third-order valence-electron chi connectivity index (χ3n) is 3.07. The van der Waals surface area contributed by atoms with Crippen LogP contribution in [0.1, 0.15) is 19.6 Å². The lowest BCUT2D eigenvalue weighted by atomic mass is 10.2. The molecule has 20 heavy (non-hydrogen) atoms. The van der Waals surface area contributed by atoms with E-state index in [9.17, 15) is 0 Å². The summed E-state index contributed by atoms with van der Waals surface area (Å²) in [4.78, 5) is 2.80. The van der Waals surface area contributed by atoms with E-state index in [0.717, 1.165) is 29.4 Å². The molecule has 106 valence electrons. The molecule has 1 heterocycles. The van der Waals surface area contributed by atoms with Crippen LogP contribution in [0.4, 0.5) is 0 Å². The Bertz CT molecular complexity index is 620. The van der Waals surface area contributed by atoms with Gasteiger partial charge in [-0.05, 0) is 44.2 Å². The van der Waals surface area contributed by atoms with Crippen molar-refractivity contribution in [3.63, 3.8) is 0 Å². The lowest BCUT2D eigenvalue weighted by molar-refractivity contribution is 0.458. The predicted molar refractivity (Wildman–Crippen MR) is 88.8 cm³/mol. The van der Waals surface area contributed by atoms with Gasteiger partial charge in [-0.3, -0.25) is 0 Å². The molecule has 0 spiro atoms. The number of thiocarbonyl (C=S) groups is 1. The van der Waals surface area contributed by atoms with Crippen molar-refractivity contribution >= 4 is 40.4 Å². The van der Waals surface area contributed by atoms with Gasteiger partial charge in [-0.2, -0.15) is 0 Å². The monoisotopic (exact) mass is 327 g/mol. The second-order valence-corrected chi connectivity index (χ2v) is 5.47. The van der Waals surface area contributed by atoms with Crippen molar-refractivity contribution < 1.29 is 4.42 Å². The highest BCUT2D eigenvalue weighted by Gasteiger charge is 2.13. The molecule has 0 aliphatic rings. The van der Waals surface area contributed by atoms with Gasteiger partial charge in [0.05, 0.1) is 10.0 Å². The van der Waals surface area contributed by atoms with Gasteiger partial charge in [-0.25, -0.2) is 0 Å². The number of benzene rings is 1. The largest absolute Gasteiger partial charge is 0.454 e. The molecule has 0 aliphatic carbocycles. The maximum atomic E-state index is 6.02. The topological polar surface area (TPSA) is 16.4 Å². The summed E-state index contributed by atoms with van der Waals surface area (Å²) < 4.78 is 5.83. The SMILES string of the molecule is CCN(CC)C(=S)c1ccc(-c2ccc(Cl)c(Cl)c2)o1. The average Bonchev–Trinajstić information content (AvgIpc) is 2.93. The minimum atomic E-state index is 0.508. The van der Waals surface area contributed by atoms with Crippen LogP contribution >= 0.6 is 35.4 Å². The molecule has 0 atom stereocenters. The highest BCUT2D eigenvalue weighted by molar-refractivity contribution is 7.80. The van der Waals surface area contributed by atoms with Crippen LogP contribution in [0.3, 0.4) is 0 Å². The van der Waals surface area contributed by atoms with E-state index >= 15 is 0 Å². The van der Waals surface area contributed by atoms with E-state index in [2.05, 4.69) is 18.7 Å². The van der Waals surface area contributed by atoms with E-state index in [4.69, 9.17) is 39.8 Å². The Morgan fingerprint density at radius 1 is 1.10 bits per heavy atom. The van der Waals surface area contributed by atoms with Gasteiger partial charge in [0.1, 0.15) is 10.7 Å². The summed E-state index contributed by atoms with van der Waals surface area (Å²) in [7, 11) is 0. The summed E-state index contributed by atoms with van der Waals surface area (Å²) in [6.45, 7) is 5.85. The van der Waals surface area contributed by atoms with Gasteiger partial charge in [0, 0.05) is 18.7 Å². The molecule has 0 saturated carbocycles. The molecule has 2 aromatic rings.